The highest BCUT2D eigenvalue weighted by Gasteiger charge is 2.21. The molecule has 2 heterocycles. The summed E-state index contributed by atoms with van der Waals surface area (Å²) in [5.74, 6) is 0.336. The molecule has 3 heteroatoms. The van der Waals surface area contributed by atoms with E-state index in [1.54, 1.807) is 10.4 Å². The Hall–Kier alpha value is -1.19. The van der Waals surface area contributed by atoms with Crippen molar-refractivity contribution in [2.24, 2.45) is 5.73 Å². The van der Waals surface area contributed by atoms with Gasteiger partial charge in [-0.15, -0.1) is 11.3 Å². The number of hydrogen-bond acceptors (Lipinski definition) is 3. The molecule has 2 aromatic rings. The van der Waals surface area contributed by atoms with Crippen molar-refractivity contribution in [2.75, 3.05) is 0 Å². The van der Waals surface area contributed by atoms with Crippen molar-refractivity contribution in [3.63, 3.8) is 0 Å². The molecule has 0 spiro atoms. The molecule has 2 nitrogen and oxygen atoms in total. The van der Waals surface area contributed by atoms with E-state index in [2.05, 4.69) is 30.1 Å². The Balaban J connectivity index is 1.83. The normalized spacial score (nSPS) is 17.8. The predicted molar refractivity (Wildman–Crippen MR) is 80.5 cm³/mol. The number of pyridine rings is 1. The minimum Gasteiger partial charge on any atom is -0.323 e. The Bertz CT molecular complexity index is 524. The first-order chi connectivity index (χ1) is 9.25. The molecule has 2 unspecified atom stereocenters. The number of nitrogens with two attached hydrogens (primary N) is 1. The molecule has 0 fully saturated rings. The van der Waals surface area contributed by atoms with E-state index in [-0.39, 0.29) is 6.04 Å². The lowest BCUT2D eigenvalue weighted by Gasteiger charge is -2.18. The topological polar surface area (TPSA) is 38.9 Å². The molecule has 0 saturated heterocycles. The van der Waals surface area contributed by atoms with E-state index in [0.717, 1.165) is 0 Å². The summed E-state index contributed by atoms with van der Waals surface area (Å²) in [7, 11) is 0. The van der Waals surface area contributed by atoms with Crippen molar-refractivity contribution in [3.8, 4) is 0 Å². The molecule has 0 aromatic carbocycles. The summed E-state index contributed by atoms with van der Waals surface area (Å²) in [4.78, 5) is 6.99. The minimum absolute atomic E-state index is 0.0954. The molecule has 0 aliphatic heterocycles. The van der Waals surface area contributed by atoms with Crippen LogP contribution in [0.4, 0.5) is 0 Å². The molecule has 19 heavy (non-hydrogen) atoms. The fourth-order valence-electron chi connectivity index (χ4n) is 2.80. The molecule has 1 aliphatic carbocycles. The van der Waals surface area contributed by atoms with E-state index in [1.807, 2.05) is 23.7 Å². The summed E-state index contributed by atoms with van der Waals surface area (Å²) in [6.07, 6.45) is 8.84. The van der Waals surface area contributed by atoms with Crippen LogP contribution in [0.5, 0.6) is 0 Å². The zero-order valence-electron chi connectivity index (χ0n) is 11.3. The van der Waals surface area contributed by atoms with Gasteiger partial charge in [-0.3, -0.25) is 4.98 Å². The molecule has 0 amide bonds. The SMILES string of the molecule is CC(c1ccncc1)C(N)c1cc2c(s1)CCCC2. The van der Waals surface area contributed by atoms with Gasteiger partial charge in [0, 0.05) is 34.1 Å². The van der Waals surface area contributed by atoms with E-state index in [0.29, 0.717) is 5.92 Å². The molecule has 0 bridgehead atoms. The van der Waals surface area contributed by atoms with E-state index >= 15 is 0 Å². The van der Waals surface area contributed by atoms with E-state index in [9.17, 15) is 0 Å². The second-order valence-corrected chi connectivity index (χ2v) is 6.57. The highest BCUT2D eigenvalue weighted by atomic mass is 32.1. The number of rotatable bonds is 3. The number of thiophene rings is 1. The van der Waals surface area contributed by atoms with Gasteiger partial charge in [0.15, 0.2) is 0 Å². The number of hydrogen-bond donors (Lipinski definition) is 1. The van der Waals surface area contributed by atoms with Crippen LogP contribution in [0.15, 0.2) is 30.6 Å². The zero-order chi connectivity index (χ0) is 13.2. The van der Waals surface area contributed by atoms with Crippen LogP contribution in [0.25, 0.3) is 0 Å². The summed E-state index contributed by atoms with van der Waals surface area (Å²) in [6, 6.07) is 6.58. The predicted octanol–water partition coefficient (Wildman–Crippen LogP) is 3.83. The Morgan fingerprint density at radius 1 is 1.21 bits per heavy atom. The van der Waals surface area contributed by atoms with Crippen molar-refractivity contribution in [2.45, 2.75) is 44.6 Å². The average Bonchev–Trinajstić information content (AvgIpc) is 2.90. The number of aryl methyl sites for hydroxylation is 2. The summed E-state index contributed by atoms with van der Waals surface area (Å²) >= 11 is 1.93. The molecule has 1 aliphatic rings. The third kappa shape index (κ3) is 2.58. The van der Waals surface area contributed by atoms with Crippen LogP contribution in [0.3, 0.4) is 0 Å². The van der Waals surface area contributed by atoms with Gasteiger partial charge in [0.05, 0.1) is 0 Å². The van der Waals surface area contributed by atoms with Crippen molar-refractivity contribution in [1.29, 1.82) is 0 Å². The fraction of sp³-hybridized carbons (Fsp3) is 0.438. The number of fused-ring (bicyclic) bond motifs is 1. The summed E-state index contributed by atoms with van der Waals surface area (Å²) in [6.45, 7) is 2.21. The van der Waals surface area contributed by atoms with Gasteiger partial charge in [0.2, 0.25) is 0 Å². The van der Waals surface area contributed by atoms with Gasteiger partial charge >= 0.3 is 0 Å². The Labute approximate surface area is 118 Å². The van der Waals surface area contributed by atoms with Crippen LogP contribution in [-0.2, 0) is 12.8 Å². The van der Waals surface area contributed by atoms with Crippen LogP contribution >= 0.6 is 11.3 Å². The van der Waals surface area contributed by atoms with E-state index in [4.69, 9.17) is 5.73 Å². The molecule has 2 atom stereocenters. The second kappa shape index (κ2) is 5.43. The third-order valence-corrected chi connectivity index (χ3v) is 5.45. The highest BCUT2D eigenvalue weighted by molar-refractivity contribution is 7.12. The van der Waals surface area contributed by atoms with Gasteiger partial charge in [-0.1, -0.05) is 6.92 Å². The van der Waals surface area contributed by atoms with Crippen LogP contribution in [0.2, 0.25) is 0 Å². The summed E-state index contributed by atoms with van der Waals surface area (Å²) < 4.78 is 0. The van der Waals surface area contributed by atoms with Gasteiger partial charge in [0.1, 0.15) is 0 Å². The Kier molecular flexibility index (Phi) is 3.67. The van der Waals surface area contributed by atoms with Gasteiger partial charge in [0.25, 0.3) is 0 Å². The van der Waals surface area contributed by atoms with Crippen molar-refractivity contribution in [1.82, 2.24) is 4.98 Å². The van der Waals surface area contributed by atoms with E-state index < -0.39 is 0 Å². The van der Waals surface area contributed by atoms with Crippen molar-refractivity contribution < 1.29 is 0 Å². The molecule has 0 saturated carbocycles. The van der Waals surface area contributed by atoms with E-state index in [1.165, 1.54) is 36.1 Å². The largest absolute Gasteiger partial charge is 0.323 e. The molecule has 2 aromatic heterocycles. The van der Waals surface area contributed by atoms with Crippen molar-refractivity contribution in [3.05, 3.63) is 51.5 Å². The molecular weight excluding hydrogens is 252 g/mol. The standard InChI is InChI=1S/C16H20N2S/c1-11(12-6-8-18-9-7-12)16(17)15-10-13-4-2-3-5-14(13)19-15/h6-11,16H,2-5,17H2,1H3. The lowest BCUT2D eigenvalue weighted by molar-refractivity contribution is 0.606. The molecule has 0 radical (unpaired) electrons. The lowest BCUT2D eigenvalue weighted by Crippen LogP contribution is -2.16. The average molecular weight is 272 g/mol. The van der Waals surface area contributed by atoms with Crippen LogP contribution in [0.1, 0.15) is 52.6 Å². The first-order valence-corrected chi connectivity index (χ1v) is 7.84. The smallest absolute Gasteiger partial charge is 0.0456 e. The maximum Gasteiger partial charge on any atom is 0.0456 e. The Morgan fingerprint density at radius 2 is 1.95 bits per heavy atom. The Morgan fingerprint density at radius 3 is 2.68 bits per heavy atom. The fourth-order valence-corrected chi connectivity index (χ4v) is 4.16. The molecule has 3 rings (SSSR count). The van der Waals surface area contributed by atoms with Crippen LogP contribution < -0.4 is 5.73 Å². The molecular formula is C16H20N2S. The molecule has 2 N–H and O–H groups in total. The van der Waals surface area contributed by atoms with Gasteiger partial charge in [-0.25, -0.2) is 0 Å². The third-order valence-electron chi connectivity index (χ3n) is 4.11. The van der Waals surface area contributed by atoms with Crippen LogP contribution in [0, 0.1) is 0 Å². The first-order valence-electron chi connectivity index (χ1n) is 7.02. The summed E-state index contributed by atoms with van der Waals surface area (Å²) in [5.41, 5.74) is 9.29. The lowest BCUT2D eigenvalue weighted by atomic mass is 9.92. The quantitative estimate of drug-likeness (QED) is 0.922. The number of nitrogens with zero attached hydrogens (tertiary/aromatic N) is 1. The summed E-state index contributed by atoms with van der Waals surface area (Å²) in [5, 5.41) is 0. The van der Waals surface area contributed by atoms with Gasteiger partial charge < -0.3 is 5.73 Å². The zero-order valence-corrected chi connectivity index (χ0v) is 12.1. The van der Waals surface area contributed by atoms with Crippen LogP contribution in [-0.4, -0.2) is 4.98 Å². The first kappa shape index (κ1) is 12.8. The monoisotopic (exact) mass is 272 g/mol. The maximum atomic E-state index is 6.47. The highest BCUT2D eigenvalue weighted by Crippen LogP contribution is 2.37. The second-order valence-electron chi connectivity index (χ2n) is 5.40. The van der Waals surface area contributed by atoms with Crippen molar-refractivity contribution >= 4 is 11.3 Å². The molecule has 100 valence electrons. The minimum atomic E-state index is 0.0954. The van der Waals surface area contributed by atoms with Gasteiger partial charge in [-0.2, -0.15) is 0 Å². The van der Waals surface area contributed by atoms with Gasteiger partial charge in [-0.05, 0) is 55.0 Å². The number of aromatic nitrogens is 1. The maximum absolute atomic E-state index is 6.47.